The van der Waals surface area contributed by atoms with Gasteiger partial charge in [0.2, 0.25) is 0 Å². The van der Waals surface area contributed by atoms with Gasteiger partial charge < -0.3 is 9.47 Å². The van der Waals surface area contributed by atoms with Crippen molar-refractivity contribution < 1.29 is 23.0 Å². The Morgan fingerprint density at radius 1 is 1.25 bits per heavy atom. The molecule has 16 heavy (non-hydrogen) atoms. The molecule has 0 N–H and O–H groups in total. The lowest BCUT2D eigenvalue weighted by atomic mass is 10.2. The topological polar surface area (TPSA) is 35.5 Å². The van der Waals surface area contributed by atoms with Gasteiger partial charge in [-0.25, -0.2) is 8.78 Å². The molecular formula is C11H14F2O3. The molecule has 0 saturated carbocycles. The van der Waals surface area contributed by atoms with E-state index in [-0.39, 0.29) is 18.1 Å². The fourth-order valence-corrected chi connectivity index (χ4v) is 0.708. The highest BCUT2D eigenvalue weighted by atomic mass is 19.2. The molecule has 0 bridgehead atoms. The highest BCUT2D eigenvalue weighted by Gasteiger charge is 2.04. The van der Waals surface area contributed by atoms with Gasteiger partial charge in [-0.2, -0.15) is 0 Å². The summed E-state index contributed by atoms with van der Waals surface area (Å²) in [5, 5.41) is 0. The zero-order valence-electron chi connectivity index (χ0n) is 9.37. The van der Waals surface area contributed by atoms with Crippen LogP contribution in [0.1, 0.15) is 17.3 Å². The number of halogens is 2. The number of aldehydes is 1. The zero-order valence-corrected chi connectivity index (χ0v) is 9.37. The highest BCUT2D eigenvalue weighted by molar-refractivity contribution is 5.74. The van der Waals surface area contributed by atoms with E-state index < -0.39 is 11.6 Å². The van der Waals surface area contributed by atoms with Gasteiger partial charge >= 0.3 is 0 Å². The normalized spacial score (nSPS) is 9.62. The van der Waals surface area contributed by atoms with Crippen LogP contribution >= 0.6 is 0 Å². The Hall–Kier alpha value is -1.33. The number of benzene rings is 1. The standard InChI is InChI=1S/C7H4F2O.C4H10O2/c8-6-3-1-2-5(4-10)7(6)9;1-4(5-2)6-3/h1-4H;4H,1-3H3. The van der Waals surface area contributed by atoms with Gasteiger partial charge in [-0.3, -0.25) is 4.79 Å². The Morgan fingerprint density at radius 2 is 1.81 bits per heavy atom. The first-order valence-electron chi connectivity index (χ1n) is 4.51. The number of methoxy groups -OCH3 is 2. The first-order valence-corrected chi connectivity index (χ1v) is 4.51. The minimum Gasteiger partial charge on any atom is -0.356 e. The smallest absolute Gasteiger partial charge is 0.169 e. The van der Waals surface area contributed by atoms with Gasteiger partial charge in [0.05, 0.1) is 5.56 Å². The second kappa shape index (κ2) is 7.90. The van der Waals surface area contributed by atoms with Crippen LogP contribution in [0.4, 0.5) is 8.78 Å². The summed E-state index contributed by atoms with van der Waals surface area (Å²) >= 11 is 0. The SMILES string of the molecule is COC(C)OC.O=Cc1cccc(F)c1F. The lowest BCUT2D eigenvalue weighted by Gasteiger charge is -2.03. The quantitative estimate of drug-likeness (QED) is 0.593. The van der Waals surface area contributed by atoms with Crippen molar-refractivity contribution in [2.24, 2.45) is 0 Å². The van der Waals surface area contributed by atoms with E-state index in [0.717, 1.165) is 6.07 Å². The third kappa shape index (κ3) is 4.95. The van der Waals surface area contributed by atoms with Crippen LogP contribution < -0.4 is 0 Å². The number of ether oxygens (including phenoxy) is 2. The second-order valence-electron chi connectivity index (χ2n) is 2.80. The Kier molecular flexibility index (Phi) is 7.24. The summed E-state index contributed by atoms with van der Waals surface area (Å²) in [6, 6.07) is 3.45. The molecular weight excluding hydrogens is 218 g/mol. The van der Waals surface area contributed by atoms with Gasteiger partial charge in [-0.15, -0.1) is 0 Å². The summed E-state index contributed by atoms with van der Waals surface area (Å²) in [4.78, 5) is 9.97. The van der Waals surface area contributed by atoms with E-state index in [1.807, 2.05) is 6.92 Å². The van der Waals surface area contributed by atoms with E-state index in [1.165, 1.54) is 12.1 Å². The van der Waals surface area contributed by atoms with Crippen molar-refractivity contribution >= 4 is 6.29 Å². The van der Waals surface area contributed by atoms with Crippen molar-refractivity contribution in [3.63, 3.8) is 0 Å². The lowest BCUT2D eigenvalue weighted by Crippen LogP contribution is -2.05. The highest BCUT2D eigenvalue weighted by Crippen LogP contribution is 2.08. The predicted octanol–water partition coefficient (Wildman–Crippen LogP) is 2.40. The molecule has 0 aliphatic rings. The van der Waals surface area contributed by atoms with Crippen molar-refractivity contribution in [2.75, 3.05) is 14.2 Å². The molecule has 1 aromatic carbocycles. The molecule has 1 rings (SSSR count). The first-order chi connectivity index (χ1) is 7.56. The van der Waals surface area contributed by atoms with Gasteiger partial charge in [0.25, 0.3) is 0 Å². The van der Waals surface area contributed by atoms with Crippen molar-refractivity contribution in [3.8, 4) is 0 Å². The second-order valence-corrected chi connectivity index (χ2v) is 2.80. The predicted molar refractivity (Wildman–Crippen MR) is 55.2 cm³/mol. The van der Waals surface area contributed by atoms with Gasteiger partial charge in [-0.05, 0) is 19.1 Å². The summed E-state index contributed by atoms with van der Waals surface area (Å²) in [6.45, 7) is 1.83. The average Bonchev–Trinajstić information content (AvgIpc) is 2.32. The van der Waals surface area contributed by atoms with Crippen molar-refractivity contribution in [1.82, 2.24) is 0 Å². The van der Waals surface area contributed by atoms with Gasteiger partial charge in [0.15, 0.2) is 24.2 Å². The zero-order chi connectivity index (χ0) is 12.6. The molecule has 1 aromatic rings. The molecule has 0 atom stereocenters. The van der Waals surface area contributed by atoms with Crippen LogP contribution in [0.15, 0.2) is 18.2 Å². The van der Waals surface area contributed by atoms with Crippen LogP contribution in [0.3, 0.4) is 0 Å². The lowest BCUT2D eigenvalue weighted by molar-refractivity contribution is -0.0877. The fraction of sp³-hybridized carbons (Fsp3) is 0.364. The van der Waals surface area contributed by atoms with Crippen LogP contribution in [-0.2, 0) is 9.47 Å². The summed E-state index contributed by atoms with van der Waals surface area (Å²) in [6.07, 6.45) is 0.211. The molecule has 0 aromatic heterocycles. The van der Waals surface area contributed by atoms with Crippen LogP contribution in [-0.4, -0.2) is 26.8 Å². The van der Waals surface area contributed by atoms with Gasteiger partial charge in [0.1, 0.15) is 0 Å². The van der Waals surface area contributed by atoms with Crippen LogP contribution in [0.5, 0.6) is 0 Å². The molecule has 3 nitrogen and oxygen atoms in total. The van der Waals surface area contributed by atoms with E-state index in [4.69, 9.17) is 0 Å². The van der Waals surface area contributed by atoms with E-state index >= 15 is 0 Å². The Bertz CT molecular complexity index is 325. The molecule has 90 valence electrons. The molecule has 0 unspecified atom stereocenters. The Balaban J connectivity index is 0.000000325. The van der Waals surface area contributed by atoms with Gasteiger partial charge in [-0.1, -0.05) is 6.07 Å². The number of rotatable bonds is 3. The number of carbonyl (C=O) groups is 1. The van der Waals surface area contributed by atoms with Crippen LogP contribution in [0, 0.1) is 11.6 Å². The number of hydrogen-bond donors (Lipinski definition) is 0. The summed E-state index contributed by atoms with van der Waals surface area (Å²) < 4.78 is 34.0. The summed E-state index contributed by atoms with van der Waals surface area (Å²) in [5.41, 5.74) is -0.250. The molecule has 0 spiro atoms. The minimum atomic E-state index is -1.09. The number of carbonyl (C=O) groups excluding carboxylic acids is 1. The van der Waals surface area contributed by atoms with Crippen molar-refractivity contribution in [2.45, 2.75) is 13.2 Å². The summed E-state index contributed by atoms with van der Waals surface area (Å²) in [7, 11) is 3.21. The maximum absolute atomic E-state index is 12.4. The Morgan fingerprint density at radius 3 is 2.12 bits per heavy atom. The van der Waals surface area contributed by atoms with Crippen LogP contribution in [0.2, 0.25) is 0 Å². The van der Waals surface area contributed by atoms with Gasteiger partial charge in [0, 0.05) is 14.2 Å². The maximum Gasteiger partial charge on any atom is 0.169 e. The summed E-state index contributed by atoms with van der Waals surface area (Å²) in [5.74, 6) is -2.08. The molecule has 0 radical (unpaired) electrons. The molecule has 0 amide bonds. The molecule has 0 heterocycles. The third-order valence-electron chi connectivity index (χ3n) is 1.77. The maximum atomic E-state index is 12.4. The molecule has 0 fully saturated rings. The van der Waals surface area contributed by atoms with E-state index in [0.29, 0.717) is 0 Å². The largest absolute Gasteiger partial charge is 0.356 e. The molecule has 5 heteroatoms. The molecule has 0 aliphatic carbocycles. The van der Waals surface area contributed by atoms with Crippen LogP contribution in [0.25, 0.3) is 0 Å². The first kappa shape index (κ1) is 14.7. The monoisotopic (exact) mass is 232 g/mol. The van der Waals surface area contributed by atoms with Crippen molar-refractivity contribution in [1.29, 1.82) is 0 Å². The number of hydrogen-bond acceptors (Lipinski definition) is 3. The Labute approximate surface area is 93.0 Å². The van der Waals surface area contributed by atoms with E-state index in [1.54, 1.807) is 14.2 Å². The van der Waals surface area contributed by atoms with E-state index in [9.17, 15) is 13.6 Å². The molecule has 0 aliphatic heterocycles. The fourth-order valence-electron chi connectivity index (χ4n) is 0.708. The third-order valence-corrected chi connectivity index (χ3v) is 1.77. The van der Waals surface area contributed by atoms with Crippen molar-refractivity contribution in [3.05, 3.63) is 35.4 Å². The molecule has 0 saturated heterocycles. The van der Waals surface area contributed by atoms with E-state index in [2.05, 4.69) is 9.47 Å². The minimum absolute atomic E-state index is 0.0648. The average molecular weight is 232 g/mol.